The molecule has 1 aliphatic carbocycles. The van der Waals surface area contributed by atoms with Gasteiger partial charge in [-0.2, -0.15) is 0 Å². The van der Waals surface area contributed by atoms with Crippen LogP contribution in [0.3, 0.4) is 0 Å². The fourth-order valence-corrected chi connectivity index (χ4v) is 3.08. The molecule has 1 aromatic rings. The monoisotopic (exact) mass is 277 g/mol. The predicted octanol–water partition coefficient (Wildman–Crippen LogP) is 2.24. The highest BCUT2D eigenvalue weighted by molar-refractivity contribution is 5.67. The van der Waals surface area contributed by atoms with Crippen molar-refractivity contribution in [2.75, 3.05) is 12.4 Å². The van der Waals surface area contributed by atoms with E-state index in [9.17, 15) is 4.79 Å². The molecule has 1 aromatic heterocycles. The number of carboxylic acid groups (broad SMARTS) is 1. The van der Waals surface area contributed by atoms with Crippen LogP contribution in [-0.4, -0.2) is 29.3 Å². The van der Waals surface area contributed by atoms with Crippen molar-refractivity contribution in [3.05, 3.63) is 17.8 Å². The van der Waals surface area contributed by atoms with Crippen molar-refractivity contribution in [2.24, 2.45) is 11.8 Å². The summed E-state index contributed by atoms with van der Waals surface area (Å²) >= 11 is 0. The van der Waals surface area contributed by atoms with E-state index < -0.39 is 6.09 Å². The summed E-state index contributed by atoms with van der Waals surface area (Å²) in [7, 11) is 1.57. The molecule has 2 aliphatic rings. The number of amides is 1. The van der Waals surface area contributed by atoms with Crippen LogP contribution >= 0.6 is 0 Å². The number of rotatable bonds is 3. The Bertz CT molecular complexity index is 530. The van der Waals surface area contributed by atoms with E-state index in [4.69, 9.17) is 9.84 Å². The molecule has 3 N–H and O–H groups in total. The first-order valence-corrected chi connectivity index (χ1v) is 6.90. The second-order valence-electron chi connectivity index (χ2n) is 5.61. The molecule has 1 fully saturated rings. The number of carbonyl (C=O) groups is 1. The molecule has 3 atom stereocenters. The Morgan fingerprint density at radius 3 is 2.90 bits per heavy atom. The Hall–Kier alpha value is -1.98. The van der Waals surface area contributed by atoms with Crippen molar-refractivity contribution in [3.63, 3.8) is 0 Å². The lowest BCUT2D eigenvalue weighted by molar-refractivity contribution is 0.181. The molecule has 6 heteroatoms. The van der Waals surface area contributed by atoms with E-state index >= 15 is 0 Å². The second-order valence-corrected chi connectivity index (χ2v) is 5.61. The number of aromatic nitrogens is 1. The van der Waals surface area contributed by atoms with Crippen LogP contribution in [0.15, 0.2) is 12.3 Å². The maximum Gasteiger partial charge on any atom is 0.405 e. The smallest absolute Gasteiger partial charge is 0.405 e. The van der Waals surface area contributed by atoms with E-state index in [1.165, 1.54) is 12.8 Å². The molecule has 0 bridgehead atoms. The first-order valence-electron chi connectivity index (χ1n) is 6.90. The van der Waals surface area contributed by atoms with Crippen LogP contribution in [0.5, 0.6) is 5.88 Å². The number of ether oxygens (including phenoxy) is 1. The van der Waals surface area contributed by atoms with E-state index in [1.54, 1.807) is 13.3 Å². The average Bonchev–Trinajstić information content (AvgIpc) is 3.25. The van der Waals surface area contributed by atoms with Gasteiger partial charge >= 0.3 is 6.09 Å². The van der Waals surface area contributed by atoms with Crippen LogP contribution in [0.2, 0.25) is 0 Å². The third-order valence-corrected chi connectivity index (χ3v) is 4.28. The molecule has 0 saturated heterocycles. The van der Waals surface area contributed by atoms with Crippen molar-refractivity contribution >= 4 is 11.8 Å². The Labute approximate surface area is 117 Å². The van der Waals surface area contributed by atoms with Crippen LogP contribution in [0, 0.1) is 11.8 Å². The summed E-state index contributed by atoms with van der Waals surface area (Å²) in [5, 5.41) is 15.2. The lowest BCUT2D eigenvalue weighted by Gasteiger charge is -2.38. The molecule has 1 aliphatic heterocycles. The van der Waals surface area contributed by atoms with Gasteiger partial charge in [0, 0.05) is 35.5 Å². The number of hydrogen-bond donors (Lipinski definition) is 3. The highest BCUT2D eigenvalue weighted by Crippen LogP contribution is 2.45. The Balaban J connectivity index is 1.97. The van der Waals surface area contributed by atoms with Crippen molar-refractivity contribution in [1.29, 1.82) is 0 Å². The Morgan fingerprint density at radius 1 is 1.55 bits per heavy atom. The number of nitrogens with one attached hydrogen (secondary N) is 2. The minimum atomic E-state index is -1.000. The zero-order valence-corrected chi connectivity index (χ0v) is 11.6. The lowest BCUT2D eigenvalue weighted by Crippen LogP contribution is -2.44. The fourth-order valence-electron chi connectivity index (χ4n) is 3.08. The van der Waals surface area contributed by atoms with Gasteiger partial charge in [-0.05, 0) is 18.8 Å². The zero-order chi connectivity index (χ0) is 14.3. The first kappa shape index (κ1) is 13.0. The number of methoxy groups -OCH3 is 1. The summed E-state index contributed by atoms with van der Waals surface area (Å²) in [6, 6.07) is 1.91. The normalized spacial score (nSPS) is 28.2. The van der Waals surface area contributed by atoms with E-state index in [2.05, 4.69) is 22.5 Å². The summed E-state index contributed by atoms with van der Waals surface area (Å²) in [4.78, 5) is 15.3. The van der Waals surface area contributed by atoms with Crippen LogP contribution in [0.1, 0.15) is 31.4 Å². The molecule has 0 spiro atoms. The average molecular weight is 277 g/mol. The SMILES string of the molecule is COc1cc2c(cn1)[C@H](NC(=O)O)[C@H](C)[C@@H](C1CC1)N2. The van der Waals surface area contributed by atoms with Gasteiger partial charge in [0.2, 0.25) is 5.88 Å². The maximum absolute atomic E-state index is 11.1. The Kier molecular flexibility index (Phi) is 3.16. The minimum absolute atomic E-state index is 0.196. The summed E-state index contributed by atoms with van der Waals surface area (Å²) in [5.74, 6) is 1.37. The van der Waals surface area contributed by atoms with Crippen LogP contribution in [0.4, 0.5) is 10.5 Å². The zero-order valence-electron chi connectivity index (χ0n) is 11.6. The topological polar surface area (TPSA) is 83.5 Å². The van der Waals surface area contributed by atoms with E-state index in [0.29, 0.717) is 17.8 Å². The van der Waals surface area contributed by atoms with E-state index in [0.717, 1.165) is 11.3 Å². The van der Waals surface area contributed by atoms with Gasteiger partial charge in [-0.3, -0.25) is 0 Å². The fraction of sp³-hybridized carbons (Fsp3) is 0.571. The van der Waals surface area contributed by atoms with E-state index in [-0.39, 0.29) is 12.0 Å². The molecule has 1 saturated carbocycles. The van der Waals surface area contributed by atoms with Gasteiger partial charge in [0.05, 0.1) is 13.2 Å². The Morgan fingerprint density at radius 2 is 2.30 bits per heavy atom. The highest BCUT2D eigenvalue weighted by atomic mass is 16.5. The summed E-state index contributed by atoms with van der Waals surface area (Å²) in [5.41, 5.74) is 1.81. The van der Waals surface area contributed by atoms with Crippen LogP contribution in [-0.2, 0) is 0 Å². The van der Waals surface area contributed by atoms with Gasteiger partial charge in [0.1, 0.15) is 0 Å². The molecule has 1 amide bonds. The van der Waals surface area contributed by atoms with Gasteiger partial charge in [0.25, 0.3) is 0 Å². The summed E-state index contributed by atoms with van der Waals surface area (Å²) in [6.45, 7) is 2.09. The largest absolute Gasteiger partial charge is 0.481 e. The van der Waals surface area contributed by atoms with Crippen molar-refractivity contribution in [2.45, 2.75) is 31.8 Å². The van der Waals surface area contributed by atoms with Gasteiger partial charge in [0.15, 0.2) is 0 Å². The van der Waals surface area contributed by atoms with E-state index in [1.807, 2.05) is 6.07 Å². The molecule has 3 rings (SSSR count). The van der Waals surface area contributed by atoms with Crippen molar-refractivity contribution < 1.29 is 14.6 Å². The van der Waals surface area contributed by atoms with Crippen molar-refractivity contribution in [1.82, 2.24) is 10.3 Å². The molecule has 6 nitrogen and oxygen atoms in total. The number of pyridine rings is 1. The quantitative estimate of drug-likeness (QED) is 0.789. The van der Waals surface area contributed by atoms with Crippen molar-refractivity contribution in [3.8, 4) is 5.88 Å². The standard InChI is InChI=1S/C14H19N3O3/c1-7-12(8-3-4-8)16-10-5-11(20-2)15-6-9(10)13(7)17-14(18)19/h5-8,12-13,16-17H,3-4H2,1-2H3,(H,18,19)/t7-,12+,13-/m1/s1. The summed E-state index contributed by atoms with van der Waals surface area (Å²) in [6.07, 6.45) is 3.11. The maximum atomic E-state index is 11.1. The highest BCUT2D eigenvalue weighted by Gasteiger charge is 2.42. The van der Waals surface area contributed by atoms with Gasteiger partial charge in [-0.25, -0.2) is 9.78 Å². The number of fused-ring (bicyclic) bond motifs is 1. The van der Waals surface area contributed by atoms with Gasteiger partial charge < -0.3 is 20.5 Å². The molecule has 2 heterocycles. The second kappa shape index (κ2) is 4.85. The molecular formula is C14H19N3O3. The number of hydrogen-bond acceptors (Lipinski definition) is 4. The van der Waals surface area contributed by atoms with Gasteiger partial charge in [-0.1, -0.05) is 6.92 Å². The lowest BCUT2D eigenvalue weighted by atomic mass is 9.82. The van der Waals surface area contributed by atoms with Crippen LogP contribution in [0.25, 0.3) is 0 Å². The minimum Gasteiger partial charge on any atom is -0.481 e. The molecular weight excluding hydrogens is 258 g/mol. The summed E-state index contributed by atoms with van der Waals surface area (Å²) < 4.78 is 5.15. The number of anilines is 1. The molecule has 0 radical (unpaired) electrons. The van der Waals surface area contributed by atoms with Gasteiger partial charge in [-0.15, -0.1) is 0 Å². The molecule has 108 valence electrons. The third-order valence-electron chi connectivity index (χ3n) is 4.28. The molecule has 0 aromatic carbocycles. The molecule has 20 heavy (non-hydrogen) atoms. The third kappa shape index (κ3) is 2.26. The molecule has 0 unspecified atom stereocenters. The predicted molar refractivity (Wildman–Crippen MR) is 74.0 cm³/mol. The number of nitrogens with zero attached hydrogens (tertiary/aromatic N) is 1. The first-order chi connectivity index (χ1) is 9.60. The van der Waals surface area contributed by atoms with Crippen LogP contribution < -0.4 is 15.4 Å².